The van der Waals surface area contributed by atoms with Crippen LogP contribution in [-0.2, 0) is 9.59 Å². The molecule has 28 heavy (non-hydrogen) atoms. The highest BCUT2D eigenvalue weighted by molar-refractivity contribution is 8.00. The van der Waals surface area contributed by atoms with Crippen LogP contribution < -0.4 is 10.6 Å². The Kier molecular flexibility index (Phi) is 10.7. The predicted molar refractivity (Wildman–Crippen MR) is 98.8 cm³/mol. The molecule has 2 aliphatic heterocycles. The van der Waals surface area contributed by atoms with Gasteiger partial charge < -0.3 is 46.1 Å². The van der Waals surface area contributed by atoms with E-state index in [2.05, 4.69) is 10.6 Å². The van der Waals surface area contributed by atoms with Crippen LogP contribution in [0.15, 0.2) is 0 Å². The van der Waals surface area contributed by atoms with E-state index in [1.54, 1.807) is 0 Å². The molecule has 0 spiro atoms. The number of amides is 2. The number of unbranched alkanes of at least 4 members (excludes halogenated alkanes) is 1. The largest absolute Gasteiger partial charge is 0.481 e. The van der Waals surface area contributed by atoms with Gasteiger partial charge in [0.1, 0.15) is 24.4 Å². The molecule has 11 nitrogen and oxygen atoms in total. The van der Waals surface area contributed by atoms with Crippen LogP contribution in [0.3, 0.4) is 0 Å². The molecule has 0 aromatic rings. The molecular weight excluding hydrogens is 396 g/mol. The van der Waals surface area contributed by atoms with Crippen molar-refractivity contribution in [2.45, 2.75) is 67.4 Å². The molecule has 8 N–H and O–H groups in total. The van der Waals surface area contributed by atoms with Crippen molar-refractivity contribution in [3.63, 3.8) is 0 Å². The smallest absolute Gasteiger partial charge is 0.315 e. The summed E-state index contributed by atoms with van der Waals surface area (Å²) in [4.78, 5) is 31.4. The van der Waals surface area contributed by atoms with Gasteiger partial charge in [0.25, 0.3) is 0 Å². The van der Waals surface area contributed by atoms with Crippen molar-refractivity contribution >= 4 is 30.0 Å². The first kappa shape index (κ1) is 24.6. The fourth-order valence-corrected chi connectivity index (χ4v) is 4.43. The topological polar surface area (TPSA) is 197 Å². The quantitative estimate of drug-likeness (QED) is 0.105. The van der Waals surface area contributed by atoms with Crippen molar-refractivity contribution in [1.82, 2.24) is 10.6 Å². The van der Waals surface area contributed by atoms with E-state index in [1.807, 2.05) is 11.8 Å². The molecule has 0 aromatic carbocycles. The van der Waals surface area contributed by atoms with Gasteiger partial charge in [-0.05, 0) is 12.8 Å². The molecular formula is C16H28N2O9S. The van der Waals surface area contributed by atoms with Gasteiger partial charge in [-0.2, -0.15) is 11.8 Å². The van der Waals surface area contributed by atoms with Gasteiger partial charge in [-0.15, -0.1) is 0 Å². The van der Waals surface area contributed by atoms with Crippen LogP contribution in [0.1, 0.15) is 25.7 Å². The summed E-state index contributed by atoms with van der Waals surface area (Å²) in [6, 6.07) is 0.440. The molecule has 2 aliphatic rings. The number of carbonyl (C=O) groups excluding carboxylic acids is 2. The molecule has 7 atom stereocenters. The number of hydrogen-bond acceptors (Lipinski definition) is 9. The van der Waals surface area contributed by atoms with Crippen LogP contribution in [0, 0.1) is 0 Å². The van der Waals surface area contributed by atoms with Crippen molar-refractivity contribution in [3.05, 3.63) is 0 Å². The number of carboxylic acids is 1. The van der Waals surface area contributed by atoms with Crippen molar-refractivity contribution in [3.8, 4) is 0 Å². The average Bonchev–Trinajstić information content (AvgIpc) is 3.22. The molecule has 0 bridgehead atoms. The maximum atomic E-state index is 11.1. The standard InChI is InChI=1S/C10H16N2O3S.C6H12O6/c13-8(14)4-2-1-3-7-9-6(5-16-7)11-10(15)12-9;7-1-3(9)5(11)6(12)4(10)2-8/h6-7,9H,1-5H2,(H,13,14)(H2,11,12,15);1,3-6,8-12H,2H2/t6-,7-,9-;3-,4-,5-,6-/m01/s1. The van der Waals surface area contributed by atoms with E-state index >= 15 is 0 Å². The van der Waals surface area contributed by atoms with Gasteiger partial charge in [0.15, 0.2) is 6.29 Å². The minimum Gasteiger partial charge on any atom is -0.481 e. The number of aliphatic carboxylic acids is 1. The number of aliphatic hydroxyl groups is 5. The number of carboxylic acid groups (broad SMARTS) is 1. The molecule has 162 valence electrons. The van der Waals surface area contributed by atoms with Gasteiger partial charge in [-0.25, -0.2) is 4.79 Å². The number of aldehydes is 1. The Morgan fingerprint density at radius 1 is 1.18 bits per heavy atom. The van der Waals surface area contributed by atoms with Crippen LogP contribution in [0.2, 0.25) is 0 Å². The van der Waals surface area contributed by atoms with E-state index in [4.69, 9.17) is 30.6 Å². The van der Waals surface area contributed by atoms with Gasteiger partial charge in [0.05, 0.1) is 18.7 Å². The van der Waals surface area contributed by atoms with E-state index < -0.39 is 37.0 Å². The molecule has 2 fully saturated rings. The summed E-state index contributed by atoms with van der Waals surface area (Å²) >= 11 is 1.87. The molecule has 2 rings (SSSR count). The van der Waals surface area contributed by atoms with Crippen molar-refractivity contribution in [2.24, 2.45) is 0 Å². The zero-order valence-corrected chi connectivity index (χ0v) is 16.0. The molecule has 2 saturated heterocycles. The number of urea groups is 1. The normalized spacial score (nSPS) is 27.3. The molecule has 2 heterocycles. The van der Waals surface area contributed by atoms with E-state index in [0.717, 1.165) is 25.0 Å². The van der Waals surface area contributed by atoms with Crippen molar-refractivity contribution in [1.29, 1.82) is 0 Å². The highest BCUT2D eigenvalue weighted by atomic mass is 32.2. The van der Waals surface area contributed by atoms with Crippen molar-refractivity contribution < 1.29 is 45.0 Å². The Labute approximate surface area is 166 Å². The van der Waals surface area contributed by atoms with E-state index in [-0.39, 0.29) is 30.8 Å². The molecule has 2 amide bonds. The molecule has 0 radical (unpaired) electrons. The van der Waals surface area contributed by atoms with Crippen LogP contribution in [0.5, 0.6) is 0 Å². The summed E-state index contributed by atoms with van der Waals surface area (Å²) in [5.74, 6) is 0.236. The molecule has 0 unspecified atom stereocenters. The van der Waals surface area contributed by atoms with Gasteiger partial charge in [0.2, 0.25) is 0 Å². The predicted octanol–water partition coefficient (Wildman–Crippen LogP) is -2.58. The Hall–Kier alpha value is -1.44. The fourth-order valence-electron chi connectivity index (χ4n) is 2.88. The zero-order chi connectivity index (χ0) is 21.3. The lowest BCUT2D eigenvalue weighted by Gasteiger charge is -2.22. The highest BCUT2D eigenvalue weighted by Crippen LogP contribution is 2.33. The summed E-state index contributed by atoms with van der Waals surface area (Å²) in [5.41, 5.74) is 0. The number of carbonyl (C=O) groups is 3. The Morgan fingerprint density at radius 3 is 2.43 bits per heavy atom. The molecule has 0 saturated carbocycles. The third-order valence-electron chi connectivity index (χ3n) is 4.49. The fraction of sp³-hybridized carbons (Fsp3) is 0.812. The second kappa shape index (κ2) is 12.2. The second-order valence-electron chi connectivity index (χ2n) is 6.62. The second-order valence-corrected chi connectivity index (χ2v) is 7.89. The summed E-state index contributed by atoms with van der Waals surface area (Å²) < 4.78 is 0. The average molecular weight is 424 g/mol. The van der Waals surface area contributed by atoms with Crippen LogP contribution in [0.25, 0.3) is 0 Å². The first-order valence-electron chi connectivity index (χ1n) is 8.90. The molecule has 0 aliphatic carbocycles. The Morgan fingerprint density at radius 2 is 1.86 bits per heavy atom. The van der Waals surface area contributed by atoms with Gasteiger partial charge in [0, 0.05) is 17.4 Å². The van der Waals surface area contributed by atoms with E-state index in [9.17, 15) is 14.4 Å². The summed E-state index contributed by atoms with van der Waals surface area (Å²) in [5, 5.41) is 58.3. The number of hydrogen-bond donors (Lipinski definition) is 8. The monoisotopic (exact) mass is 424 g/mol. The Bertz CT molecular complexity index is 524. The minimum atomic E-state index is -1.79. The number of fused-ring (bicyclic) bond motifs is 1. The number of aliphatic hydroxyl groups excluding tert-OH is 5. The lowest BCUT2D eigenvalue weighted by Crippen LogP contribution is -2.46. The zero-order valence-electron chi connectivity index (χ0n) is 15.2. The number of nitrogens with one attached hydrogen (secondary N) is 2. The maximum absolute atomic E-state index is 11.1. The third-order valence-corrected chi connectivity index (χ3v) is 6.00. The maximum Gasteiger partial charge on any atom is 0.315 e. The summed E-state index contributed by atoms with van der Waals surface area (Å²) in [7, 11) is 0. The number of rotatable bonds is 10. The number of thioether (sulfide) groups is 1. The minimum absolute atomic E-state index is 0.0258. The van der Waals surface area contributed by atoms with Gasteiger partial charge in [-0.1, -0.05) is 6.42 Å². The van der Waals surface area contributed by atoms with Crippen LogP contribution in [-0.4, -0.2) is 103 Å². The van der Waals surface area contributed by atoms with Gasteiger partial charge in [-0.3, -0.25) is 4.79 Å². The molecule has 0 aromatic heterocycles. The summed E-state index contributed by atoms with van der Waals surface area (Å²) in [6.07, 6.45) is -3.96. The first-order chi connectivity index (χ1) is 13.2. The van der Waals surface area contributed by atoms with Crippen molar-refractivity contribution in [2.75, 3.05) is 12.4 Å². The first-order valence-corrected chi connectivity index (χ1v) is 9.95. The van der Waals surface area contributed by atoms with E-state index in [1.165, 1.54) is 0 Å². The Balaban J connectivity index is 0.000000295. The third kappa shape index (κ3) is 7.53. The SMILES string of the molecule is O=C(O)CCCC[C@@H]1SC[C@@H]2NC(=O)N[C@@H]21.O=C[C@@H](O)[C@@H](O)[C@H](O)[C@H](O)CO. The lowest BCUT2D eigenvalue weighted by atomic mass is 10.0. The van der Waals surface area contributed by atoms with Gasteiger partial charge >= 0.3 is 12.0 Å². The lowest BCUT2D eigenvalue weighted by molar-refractivity contribution is -0.137. The summed E-state index contributed by atoms with van der Waals surface area (Å²) in [6.45, 7) is -0.760. The van der Waals surface area contributed by atoms with Crippen LogP contribution in [0.4, 0.5) is 4.79 Å². The van der Waals surface area contributed by atoms with E-state index in [0.29, 0.717) is 5.25 Å². The van der Waals surface area contributed by atoms with Crippen LogP contribution >= 0.6 is 11.8 Å². The molecule has 12 heteroatoms. The highest BCUT2D eigenvalue weighted by Gasteiger charge is 2.42.